The fourth-order valence-electron chi connectivity index (χ4n) is 3.53. The fraction of sp³-hybridized carbons (Fsp3) is 0.304. The molecule has 3 rings (SSSR count). The molecule has 1 unspecified atom stereocenters. The van der Waals surface area contributed by atoms with Gasteiger partial charge in [-0.3, -0.25) is 4.79 Å². The molecule has 1 aliphatic heterocycles. The lowest BCUT2D eigenvalue weighted by atomic mass is 9.83. The first-order valence-corrected chi connectivity index (χ1v) is 9.76. The standard InChI is InChI=1S/C23H24ClNO3/c1-15(2)28-23(27)22-16(3)25(14-17-8-7-11-19(24)12-17)21(26)13-20(22)18-9-5-4-6-10-18/h4-12,15,20H,13-14H2,1-3H3. The van der Waals surface area contributed by atoms with Gasteiger partial charge in [0, 0.05) is 23.1 Å². The van der Waals surface area contributed by atoms with Crippen LogP contribution in [-0.2, 0) is 20.9 Å². The molecule has 28 heavy (non-hydrogen) atoms. The number of carbonyl (C=O) groups excluding carboxylic acids is 2. The molecular weight excluding hydrogens is 374 g/mol. The number of carbonyl (C=O) groups is 2. The summed E-state index contributed by atoms with van der Waals surface area (Å²) in [5.74, 6) is -0.701. The number of hydrogen-bond donors (Lipinski definition) is 0. The van der Waals surface area contributed by atoms with Crippen LogP contribution in [0, 0.1) is 0 Å². The molecule has 0 aliphatic carbocycles. The lowest BCUT2D eigenvalue weighted by Crippen LogP contribution is -2.38. The van der Waals surface area contributed by atoms with Gasteiger partial charge in [0.1, 0.15) is 0 Å². The Morgan fingerprint density at radius 1 is 1.18 bits per heavy atom. The van der Waals surface area contributed by atoms with Crippen LogP contribution < -0.4 is 0 Å². The number of ether oxygens (including phenoxy) is 1. The summed E-state index contributed by atoms with van der Waals surface area (Å²) in [5, 5.41) is 0.616. The van der Waals surface area contributed by atoms with E-state index in [0.717, 1.165) is 11.1 Å². The zero-order chi connectivity index (χ0) is 20.3. The third kappa shape index (κ3) is 4.45. The van der Waals surface area contributed by atoms with Crippen LogP contribution in [0.5, 0.6) is 0 Å². The molecule has 5 heteroatoms. The maximum absolute atomic E-state index is 13.0. The molecule has 0 bridgehead atoms. The summed E-state index contributed by atoms with van der Waals surface area (Å²) < 4.78 is 5.51. The summed E-state index contributed by atoms with van der Waals surface area (Å²) in [7, 11) is 0. The molecule has 1 aliphatic rings. The van der Waals surface area contributed by atoms with Crippen molar-refractivity contribution in [2.45, 2.75) is 45.8 Å². The van der Waals surface area contributed by atoms with Crippen molar-refractivity contribution in [1.82, 2.24) is 4.90 Å². The summed E-state index contributed by atoms with van der Waals surface area (Å²) in [6.07, 6.45) is -0.00648. The normalized spacial score (nSPS) is 17.2. The van der Waals surface area contributed by atoms with Gasteiger partial charge in [-0.25, -0.2) is 4.79 Å². The first-order chi connectivity index (χ1) is 13.4. The Kier molecular flexibility index (Phi) is 6.20. The van der Waals surface area contributed by atoms with Crippen LogP contribution >= 0.6 is 11.6 Å². The van der Waals surface area contributed by atoms with Gasteiger partial charge in [0.2, 0.25) is 5.91 Å². The molecule has 4 nitrogen and oxygen atoms in total. The minimum absolute atomic E-state index is 0.0209. The second-order valence-corrected chi connectivity index (χ2v) is 7.67. The van der Waals surface area contributed by atoms with Crippen LogP contribution in [-0.4, -0.2) is 22.9 Å². The van der Waals surface area contributed by atoms with Crippen molar-refractivity contribution in [1.29, 1.82) is 0 Å². The number of esters is 1. The van der Waals surface area contributed by atoms with Gasteiger partial charge < -0.3 is 9.64 Å². The third-order valence-corrected chi connectivity index (χ3v) is 5.05. The topological polar surface area (TPSA) is 46.6 Å². The van der Waals surface area contributed by atoms with Gasteiger partial charge in [-0.2, -0.15) is 0 Å². The van der Waals surface area contributed by atoms with E-state index in [4.69, 9.17) is 16.3 Å². The molecule has 2 aromatic rings. The molecule has 2 aromatic carbocycles. The lowest BCUT2D eigenvalue weighted by molar-refractivity contribution is -0.143. The van der Waals surface area contributed by atoms with E-state index >= 15 is 0 Å². The molecule has 0 aromatic heterocycles. The summed E-state index contributed by atoms with van der Waals surface area (Å²) in [5.41, 5.74) is 3.03. The van der Waals surface area contributed by atoms with Gasteiger partial charge in [0.15, 0.2) is 0 Å². The van der Waals surface area contributed by atoms with E-state index in [-0.39, 0.29) is 30.3 Å². The summed E-state index contributed by atoms with van der Waals surface area (Å²) in [6.45, 7) is 5.83. The van der Waals surface area contributed by atoms with Crippen LogP contribution in [0.25, 0.3) is 0 Å². The van der Waals surface area contributed by atoms with Crippen LogP contribution in [0.1, 0.15) is 44.2 Å². The largest absolute Gasteiger partial charge is 0.460 e. The van der Waals surface area contributed by atoms with E-state index in [2.05, 4.69) is 0 Å². The van der Waals surface area contributed by atoms with Crippen LogP contribution in [0.15, 0.2) is 65.9 Å². The maximum atomic E-state index is 13.0. The quantitative estimate of drug-likeness (QED) is 0.661. The average Bonchev–Trinajstić information content (AvgIpc) is 2.64. The lowest BCUT2D eigenvalue weighted by Gasteiger charge is -2.34. The number of benzene rings is 2. The van der Waals surface area contributed by atoms with Crippen LogP contribution in [0.4, 0.5) is 0 Å². The van der Waals surface area contributed by atoms with Gasteiger partial charge in [-0.1, -0.05) is 54.1 Å². The molecule has 1 amide bonds. The Morgan fingerprint density at radius 2 is 1.89 bits per heavy atom. The number of allylic oxidation sites excluding steroid dienone is 1. The second kappa shape index (κ2) is 8.61. The van der Waals surface area contributed by atoms with Gasteiger partial charge in [0.05, 0.1) is 18.2 Å². The van der Waals surface area contributed by atoms with Gasteiger partial charge in [-0.15, -0.1) is 0 Å². The maximum Gasteiger partial charge on any atom is 0.336 e. The third-order valence-electron chi connectivity index (χ3n) is 4.82. The summed E-state index contributed by atoms with van der Waals surface area (Å²) in [6, 6.07) is 17.0. The van der Waals surface area contributed by atoms with Crippen molar-refractivity contribution in [3.8, 4) is 0 Å². The second-order valence-electron chi connectivity index (χ2n) is 7.23. The van der Waals surface area contributed by atoms with E-state index < -0.39 is 0 Å². The molecule has 0 saturated heterocycles. The Hall–Kier alpha value is -2.59. The van der Waals surface area contributed by atoms with E-state index in [1.54, 1.807) is 11.0 Å². The number of nitrogens with zero attached hydrogens (tertiary/aromatic N) is 1. The molecule has 1 heterocycles. The predicted octanol–water partition coefficient (Wildman–Crippen LogP) is 5.08. The zero-order valence-corrected chi connectivity index (χ0v) is 17.1. The highest BCUT2D eigenvalue weighted by Gasteiger charge is 2.37. The van der Waals surface area contributed by atoms with E-state index in [0.29, 0.717) is 22.8 Å². The SMILES string of the molecule is CC1=C(C(=O)OC(C)C)C(c2ccccc2)CC(=O)N1Cc1cccc(Cl)c1. The number of halogens is 1. The first-order valence-electron chi connectivity index (χ1n) is 9.38. The van der Waals surface area contributed by atoms with Crippen molar-refractivity contribution < 1.29 is 14.3 Å². The Bertz CT molecular complexity index is 905. The van der Waals surface area contributed by atoms with E-state index in [1.807, 2.05) is 69.3 Å². The number of hydrogen-bond acceptors (Lipinski definition) is 3. The highest BCUT2D eigenvalue weighted by molar-refractivity contribution is 6.30. The van der Waals surface area contributed by atoms with Crippen molar-refractivity contribution >= 4 is 23.5 Å². The van der Waals surface area contributed by atoms with E-state index in [9.17, 15) is 9.59 Å². The van der Waals surface area contributed by atoms with Gasteiger partial charge >= 0.3 is 5.97 Å². The molecular formula is C23H24ClNO3. The molecule has 146 valence electrons. The van der Waals surface area contributed by atoms with Crippen molar-refractivity contribution in [3.05, 3.63) is 82.0 Å². The zero-order valence-electron chi connectivity index (χ0n) is 16.3. The number of rotatable bonds is 5. The summed E-state index contributed by atoms with van der Waals surface area (Å²) in [4.78, 5) is 27.6. The Balaban J connectivity index is 2.02. The molecule has 0 fully saturated rings. The molecule has 0 saturated carbocycles. The molecule has 0 radical (unpaired) electrons. The smallest absolute Gasteiger partial charge is 0.336 e. The fourth-order valence-corrected chi connectivity index (χ4v) is 3.75. The first kappa shape index (κ1) is 20.2. The monoisotopic (exact) mass is 397 g/mol. The average molecular weight is 398 g/mol. The summed E-state index contributed by atoms with van der Waals surface area (Å²) >= 11 is 6.09. The minimum Gasteiger partial charge on any atom is -0.460 e. The van der Waals surface area contributed by atoms with Crippen molar-refractivity contribution in [2.24, 2.45) is 0 Å². The van der Waals surface area contributed by atoms with Crippen LogP contribution in [0.3, 0.4) is 0 Å². The highest BCUT2D eigenvalue weighted by atomic mass is 35.5. The Labute approximate surface area is 170 Å². The highest BCUT2D eigenvalue weighted by Crippen LogP contribution is 2.37. The molecule has 1 atom stereocenters. The Morgan fingerprint density at radius 3 is 2.54 bits per heavy atom. The minimum atomic E-state index is -0.370. The van der Waals surface area contributed by atoms with Gasteiger partial charge in [-0.05, 0) is 44.0 Å². The number of amides is 1. The van der Waals surface area contributed by atoms with Crippen molar-refractivity contribution in [2.75, 3.05) is 0 Å². The van der Waals surface area contributed by atoms with Crippen LogP contribution in [0.2, 0.25) is 5.02 Å². The molecule has 0 N–H and O–H groups in total. The predicted molar refractivity (Wildman–Crippen MR) is 110 cm³/mol. The molecule has 0 spiro atoms. The van der Waals surface area contributed by atoms with E-state index in [1.165, 1.54) is 0 Å². The van der Waals surface area contributed by atoms with Crippen molar-refractivity contribution in [3.63, 3.8) is 0 Å². The van der Waals surface area contributed by atoms with Gasteiger partial charge in [0.25, 0.3) is 0 Å².